The molecule has 0 bridgehead atoms. The molecule has 0 atom stereocenters. The van der Waals surface area contributed by atoms with Crippen molar-refractivity contribution >= 4 is 11.3 Å². The van der Waals surface area contributed by atoms with Crippen molar-refractivity contribution in [2.45, 2.75) is 26.4 Å². The van der Waals surface area contributed by atoms with Gasteiger partial charge in [-0.2, -0.15) is 16.4 Å². The van der Waals surface area contributed by atoms with Crippen LogP contribution < -0.4 is 5.32 Å². The third-order valence-corrected chi connectivity index (χ3v) is 3.78. The molecule has 1 aliphatic rings. The second-order valence-electron chi connectivity index (χ2n) is 4.03. The van der Waals surface area contributed by atoms with Crippen LogP contribution in [0.15, 0.2) is 16.8 Å². The Morgan fingerprint density at radius 2 is 2.50 bits per heavy atom. The fourth-order valence-electron chi connectivity index (χ4n) is 2.31. The molecule has 0 aliphatic carbocycles. The Labute approximate surface area is 99.1 Å². The molecule has 84 valence electrons. The van der Waals surface area contributed by atoms with Crippen molar-refractivity contribution < 1.29 is 0 Å². The van der Waals surface area contributed by atoms with Crippen molar-refractivity contribution in [3.8, 4) is 11.3 Å². The standard InChI is InChI=1S/C12H15N3S/c1-2-15-11-3-5-13-7-10(11)12(14-15)9-4-6-16-8-9/h4,6,8,13H,2-3,5,7H2,1H3. The average Bonchev–Trinajstić information content (AvgIpc) is 2.95. The van der Waals surface area contributed by atoms with Crippen molar-refractivity contribution in [3.05, 3.63) is 28.1 Å². The van der Waals surface area contributed by atoms with E-state index in [1.54, 1.807) is 11.3 Å². The molecule has 0 saturated carbocycles. The summed E-state index contributed by atoms with van der Waals surface area (Å²) in [4.78, 5) is 0. The fraction of sp³-hybridized carbons (Fsp3) is 0.417. The van der Waals surface area contributed by atoms with E-state index in [1.807, 2.05) is 0 Å². The molecule has 0 amide bonds. The highest BCUT2D eigenvalue weighted by Crippen LogP contribution is 2.28. The third kappa shape index (κ3) is 1.49. The molecule has 3 heterocycles. The van der Waals surface area contributed by atoms with E-state index in [1.165, 1.54) is 22.5 Å². The summed E-state index contributed by atoms with van der Waals surface area (Å²) >= 11 is 1.73. The lowest BCUT2D eigenvalue weighted by atomic mass is 10.0. The molecular weight excluding hydrogens is 218 g/mol. The molecule has 0 fully saturated rings. The molecule has 3 rings (SSSR count). The lowest BCUT2D eigenvalue weighted by Crippen LogP contribution is -2.24. The van der Waals surface area contributed by atoms with Crippen LogP contribution in [0.25, 0.3) is 11.3 Å². The van der Waals surface area contributed by atoms with Crippen molar-refractivity contribution in [2.75, 3.05) is 6.54 Å². The summed E-state index contributed by atoms with van der Waals surface area (Å²) in [7, 11) is 0. The number of hydrogen-bond donors (Lipinski definition) is 1. The summed E-state index contributed by atoms with van der Waals surface area (Å²) in [6.07, 6.45) is 1.10. The largest absolute Gasteiger partial charge is 0.312 e. The van der Waals surface area contributed by atoms with Gasteiger partial charge in [0.05, 0.1) is 5.69 Å². The first kappa shape index (κ1) is 10.1. The lowest BCUT2D eigenvalue weighted by molar-refractivity contribution is 0.572. The minimum Gasteiger partial charge on any atom is -0.312 e. The fourth-order valence-corrected chi connectivity index (χ4v) is 2.95. The summed E-state index contributed by atoms with van der Waals surface area (Å²) in [6.45, 7) is 5.15. The molecule has 0 spiro atoms. The van der Waals surface area contributed by atoms with E-state index in [2.05, 4.69) is 33.7 Å². The van der Waals surface area contributed by atoms with E-state index < -0.39 is 0 Å². The van der Waals surface area contributed by atoms with Crippen LogP contribution in [0.5, 0.6) is 0 Å². The minimum atomic E-state index is 0.959. The smallest absolute Gasteiger partial charge is 0.0979 e. The minimum absolute atomic E-state index is 0.959. The quantitative estimate of drug-likeness (QED) is 0.862. The van der Waals surface area contributed by atoms with Crippen molar-refractivity contribution in [3.63, 3.8) is 0 Å². The highest BCUT2D eigenvalue weighted by molar-refractivity contribution is 7.08. The number of thiophene rings is 1. The molecule has 2 aromatic rings. The maximum atomic E-state index is 4.74. The summed E-state index contributed by atoms with van der Waals surface area (Å²) in [5.41, 5.74) is 5.25. The van der Waals surface area contributed by atoms with Gasteiger partial charge in [0.25, 0.3) is 0 Å². The topological polar surface area (TPSA) is 29.9 Å². The van der Waals surface area contributed by atoms with Crippen LogP contribution in [-0.4, -0.2) is 16.3 Å². The molecule has 0 saturated heterocycles. The van der Waals surface area contributed by atoms with Gasteiger partial charge in [0, 0.05) is 48.3 Å². The van der Waals surface area contributed by atoms with Gasteiger partial charge in [-0.05, 0) is 18.4 Å². The third-order valence-electron chi connectivity index (χ3n) is 3.10. The molecule has 0 aromatic carbocycles. The monoisotopic (exact) mass is 233 g/mol. The first-order valence-corrected chi connectivity index (χ1v) is 6.66. The zero-order chi connectivity index (χ0) is 11.0. The van der Waals surface area contributed by atoms with Crippen LogP contribution in [0.4, 0.5) is 0 Å². The Morgan fingerprint density at radius 3 is 3.25 bits per heavy atom. The highest BCUT2D eigenvalue weighted by atomic mass is 32.1. The van der Waals surface area contributed by atoms with Gasteiger partial charge in [-0.25, -0.2) is 0 Å². The summed E-state index contributed by atoms with van der Waals surface area (Å²) in [5.74, 6) is 0. The Morgan fingerprint density at radius 1 is 1.56 bits per heavy atom. The predicted octanol–water partition coefficient (Wildman–Crippen LogP) is 2.28. The Hall–Kier alpha value is -1.13. The SMILES string of the molecule is CCn1nc(-c2ccsc2)c2c1CCNC2. The zero-order valence-electron chi connectivity index (χ0n) is 9.36. The van der Waals surface area contributed by atoms with E-state index in [0.717, 1.165) is 26.1 Å². The number of aromatic nitrogens is 2. The van der Waals surface area contributed by atoms with E-state index >= 15 is 0 Å². The first-order chi connectivity index (χ1) is 7.90. The maximum absolute atomic E-state index is 4.74. The molecule has 4 heteroatoms. The lowest BCUT2D eigenvalue weighted by Gasteiger charge is -2.14. The van der Waals surface area contributed by atoms with Gasteiger partial charge in [0.15, 0.2) is 0 Å². The van der Waals surface area contributed by atoms with Crippen LogP contribution in [0.3, 0.4) is 0 Å². The van der Waals surface area contributed by atoms with Crippen LogP contribution in [-0.2, 0) is 19.5 Å². The van der Waals surface area contributed by atoms with Gasteiger partial charge in [-0.3, -0.25) is 4.68 Å². The van der Waals surface area contributed by atoms with Crippen molar-refractivity contribution in [1.82, 2.24) is 15.1 Å². The van der Waals surface area contributed by atoms with Gasteiger partial charge in [0.2, 0.25) is 0 Å². The number of fused-ring (bicyclic) bond motifs is 1. The summed E-state index contributed by atoms with van der Waals surface area (Å²) in [5, 5.41) is 12.5. The van der Waals surface area contributed by atoms with Crippen LogP contribution in [0.1, 0.15) is 18.2 Å². The normalized spacial score (nSPS) is 15.1. The van der Waals surface area contributed by atoms with Gasteiger partial charge >= 0.3 is 0 Å². The summed E-state index contributed by atoms with van der Waals surface area (Å²) in [6, 6.07) is 2.15. The Kier molecular flexibility index (Phi) is 2.53. The van der Waals surface area contributed by atoms with Gasteiger partial charge in [-0.15, -0.1) is 0 Å². The molecule has 0 radical (unpaired) electrons. The van der Waals surface area contributed by atoms with Gasteiger partial charge in [0.1, 0.15) is 0 Å². The molecular formula is C12H15N3S. The predicted molar refractivity (Wildman–Crippen MR) is 66.6 cm³/mol. The second kappa shape index (κ2) is 4.03. The maximum Gasteiger partial charge on any atom is 0.0979 e. The number of rotatable bonds is 2. The summed E-state index contributed by atoms with van der Waals surface area (Å²) < 4.78 is 2.16. The number of nitrogens with zero attached hydrogens (tertiary/aromatic N) is 2. The van der Waals surface area contributed by atoms with E-state index in [-0.39, 0.29) is 0 Å². The molecule has 2 aromatic heterocycles. The van der Waals surface area contributed by atoms with Crippen LogP contribution >= 0.6 is 11.3 Å². The number of nitrogens with one attached hydrogen (secondary N) is 1. The van der Waals surface area contributed by atoms with Crippen molar-refractivity contribution in [1.29, 1.82) is 0 Å². The zero-order valence-corrected chi connectivity index (χ0v) is 10.2. The van der Waals surface area contributed by atoms with E-state index in [9.17, 15) is 0 Å². The van der Waals surface area contributed by atoms with Crippen molar-refractivity contribution in [2.24, 2.45) is 0 Å². The molecule has 1 N–H and O–H groups in total. The first-order valence-electron chi connectivity index (χ1n) is 5.72. The Balaban J connectivity index is 2.15. The molecule has 3 nitrogen and oxygen atoms in total. The van der Waals surface area contributed by atoms with Crippen LogP contribution in [0, 0.1) is 0 Å². The van der Waals surface area contributed by atoms with Gasteiger partial charge in [-0.1, -0.05) is 0 Å². The molecule has 1 aliphatic heterocycles. The van der Waals surface area contributed by atoms with E-state index in [0.29, 0.717) is 0 Å². The van der Waals surface area contributed by atoms with Crippen LogP contribution in [0.2, 0.25) is 0 Å². The second-order valence-corrected chi connectivity index (χ2v) is 4.81. The number of hydrogen-bond acceptors (Lipinski definition) is 3. The Bertz CT molecular complexity index is 485. The highest BCUT2D eigenvalue weighted by Gasteiger charge is 2.20. The molecule has 0 unspecified atom stereocenters. The van der Waals surface area contributed by atoms with E-state index in [4.69, 9.17) is 5.10 Å². The van der Waals surface area contributed by atoms with Gasteiger partial charge < -0.3 is 5.32 Å². The average molecular weight is 233 g/mol. The molecule has 16 heavy (non-hydrogen) atoms. The number of aryl methyl sites for hydroxylation is 1.